The smallest absolute Gasteiger partial charge is 0.320 e. The summed E-state index contributed by atoms with van der Waals surface area (Å²) in [6, 6.07) is 11.0. The molecule has 8 nitrogen and oxygen atoms in total. The van der Waals surface area contributed by atoms with Gasteiger partial charge in [-0.2, -0.15) is 10.5 Å². The molecule has 1 aromatic heterocycles. The van der Waals surface area contributed by atoms with E-state index in [4.69, 9.17) is 10.5 Å². The molecule has 0 radical (unpaired) electrons. The summed E-state index contributed by atoms with van der Waals surface area (Å²) in [5.41, 5.74) is 3.09. The molecule has 0 saturated heterocycles. The number of amides is 2. The Morgan fingerprint density at radius 1 is 1.42 bits per heavy atom. The molecular formula is C18H17N7O. The van der Waals surface area contributed by atoms with Crippen molar-refractivity contribution in [3.05, 3.63) is 47.3 Å². The molecule has 0 unspecified atom stereocenters. The average Bonchev–Trinajstić information content (AvgIpc) is 2.67. The molecule has 0 aliphatic carbocycles. The molecule has 1 N–H and O–H groups in total. The van der Waals surface area contributed by atoms with E-state index in [-0.39, 0.29) is 12.6 Å². The maximum absolute atomic E-state index is 12.3. The zero-order valence-corrected chi connectivity index (χ0v) is 14.3. The van der Waals surface area contributed by atoms with Crippen molar-refractivity contribution in [2.75, 3.05) is 25.5 Å². The number of aromatic nitrogens is 2. The van der Waals surface area contributed by atoms with Crippen LogP contribution >= 0.6 is 0 Å². The van der Waals surface area contributed by atoms with Crippen molar-refractivity contribution in [1.29, 1.82) is 10.5 Å². The fraction of sp³-hybridized carbons (Fsp3) is 0.278. The van der Waals surface area contributed by atoms with Crippen molar-refractivity contribution >= 4 is 17.7 Å². The van der Waals surface area contributed by atoms with E-state index < -0.39 is 0 Å². The molecule has 0 fully saturated rings. The Labute approximate surface area is 151 Å². The highest BCUT2D eigenvalue weighted by Crippen LogP contribution is 2.20. The number of rotatable bonds is 3. The largest absolute Gasteiger partial charge is 0.324 e. The summed E-state index contributed by atoms with van der Waals surface area (Å²) < 4.78 is 0. The molecule has 3 rings (SSSR count). The number of fused-ring (bicyclic) bond motifs is 1. The number of nitrogens with one attached hydrogen (secondary N) is 1. The van der Waals surface area contributed by atoms with Crippen molar-refractivity contribution in [1.82, 2.24) is 19.8 Å². The molecule has 2 aromatic rings. The van der Waals surface area contributed by atoms with Gasteiger partial charge in [0, 0.05) is 37.5 Å². The van der Waals surface area contributed by atoms with Crippen molar-refractivity contribution in [2.24, 2.45) is 0 Å². The zero-order valence-electron chi connectivity index (χ0n) is 14.3. The van der Waals surface area contributed by atoms with Gasteiger partial charge in [-0.15, -0.1) is 0 Å². The highest BCUT2D eigenvalue weighted by atomic mass is 16.2. The molecule has 1 aliphatic rings. The van der Waals surface area contributed by atoms with Crippen LogP contribution in [0, 0.1) is 22.7 Å². The van der Waals surface area contributed by atoms with Crippen molar-refractivity contribution in [3.8, 4) is 12.1 Å². The Kier molecular flexibility index (Phi) is 4.95. The van der Waals surface area contributed by atoms with Gasteiger partial charge in [-0.1, -0.05) is 6.07 Å². The van der Waals surface area contributed by atoms with E-state index in [1.54, 1.807) is 36.3 Å². The fourth-order valence-corrected chi connectivity index (χ4v) is 2.75. The number of benzene rings is 1. The molecule has 1 aromatic carbocycles. The third-order valence-corrected chi connectivity index (χ3v) is 4.09. The Balaban J connectivity index is 1.72. The molecular weight excluding hydrogens is 330 g/mol. The van der Waals surface area contributed by atoms with E-state index >= 15 is 0 Å². The van der Waals surface area contributed by atoms with E-state index in [0.717, 1.165) is 16.9 Å². The SMILES string of the molecule is CN(CC#N)C(=O)N1CCc2nc(Nc3cccc(C#N)c3)ncc2C1. The number of carbonyl (C=O) groups excluding carboxylic acids is 1. The topological polar surface area (TPSA) is 109 Å². The Bertz CT molecular complexity index is 912. The van der Waals surface area contributed by atoms with Crippen molar-refractivity contribution < 1.29 is 4.79 Å². The first kappa shape index (κ1) is 17.2. The minimum absolute atomic E-state index is 0.0588. The molecule has 2 heterocycles. The molecule has 8 heteroatoms. The van der Waals surface area contributed by atoms with Crippen LogP contribution in [-0.4, -0.2) is 45.9 Å². The predicted octanol–water partition coefficient (Wildman–Crippen LogP) is 2.03. The second kappa shape index (κ2) is 7.49. The summed E-state index contributed by atoms with van der Waals surface area (Å²) in [4.78, 5) is 24.2. The average molecular weight is 347 g/mol. The van der Waals surface area contributed by atoms with Gasteiger partial charge in [-0.3, -0.25) is 0 Å². The van der Waals surface area contributed by atoms with Gasteiger partial charge in [0.1, 0.15) is 6.54 Å². The lowest BCUT2D eigenvalue weighted by atomic mass is 10.1. The highest BCUT2D eigenvalue weighted by molar-refractivity contribution is 5.74. The molecule has 0 atom stereocenters. The number of carbonyl (C=O) groups is 1. The maximum atomic E-state index is 12.3. The van der Waals surface area contributed by atoms with Gasteiger partial charge in [-0.05, 0) is 18.2 Å². The number of nitriles is 2. The standard InChI is InChI=1S/C18H17N7O/c1-24(8-6-19)18(26)25-7-5-16-14(12-25)11-21-17(23-16)22-15-4-2-3-13(9-15)10-20/h2-4,9,11H,5,7-8,12H2,1H3,(H,21,22,23). The maximum Gasteiger partial charge on any atom is 0.320 e. The minimum atomic E-state index is -0.173. The zero-order chi connectivity index (χ0) is 18.5. The van der Waals surface area contributed by atoms with Crippen LogP contribution in [0.5, 0.6) is 0 Å². The Hall–Kier alpha value is -3.65. The van der Waals surface area contributed by atoms with Gasteiger partial charge in [0.25, 0.3) is 0 Å². The van der Waals surface area contributed by atoms with Gasteiger partial charge in [-0.25, -0.2) is 14.8 Å². The number of hydrogen-bond donors (Lipinski definition) is 1. The highest BCUT2D eigenvalue weighted by Gasteiger charge is 2.24. The number of urea groups is 1. The molecule has 1 aliphatic heterocycles. The van der Waals surface area contributed by atoms with Crippen LogP contribution in [0.15, 0.2) is 30.5 Å². The molecule has 26 heavy (non-hydrogen) atoms. The summed E-state index contributed by atoms with van der Waals surface area (Å²) >= 11 is 0. The van der Waals surface area contributed by atoms with Crippen LogP contribution in [0.4, 0.5) is 16.4 Å². The number of anilines is 2. The first-order valence-corrected chi connectivity index (χ1v) is 8.09. The molecule has 130 valence electrons. The van der Waals surface area contributed by atoms with Gasteiger partial charge in [0.05, 0.1) is 29.9 Å². The van der Waals surface area contributed by atoms with Crippen LogP contribution in [0.1, 0.15) is 16.8 Å². The summed E-state index contributed by atoms with van der Waals surface area (Å²) in [6.45, 7) is 1.03. The monoisotopic (exact) mass is 347 g/mol. The predicted molar refractivity (Wildman–Crippen MR) is 94.2 cm³/mol. The Morgan fingerprint density at radius 2 is 2.27 bits per heavy atom. The Morgan fingerprint density at radius 3 is 3.04 bits per heavy atom. The van der Waals surface area contributed by atoms with Crippen LogP contribution in [-0.2, 0) is 13.0 Å². The van der Waals surface area contributed by atoms with E-state index in [0.29, 0.717) is 31.0 Å². The lowest BCUT2D eigenvalue weighted by Gasteiger charge is -2.31. The summed E-state index contributed by atoms with van der Waals surface area (Å²) in [7, 11) is 1.61. The molecule has 0 saturated carbocycles. The van der Waals surface area contributed by atoms with Crippen LogP contribution < -0.4 is 5.32 Å². The van der Waals surface area contributed by atoms with Gasteiger partial charge in [0.15, 0.2) is 0 Å². The number of hydrogen-bond acceptors (Lipinski definition) is 6. The van der Waals surface area contributed by atoms with Gasteiger partial charge < -0.3 is 15.1 Å². The third kappa shape index (κ3) is 3.70. The lowest BCUT2D eigenvalue weighted by molar-refractivity contribution is 0.161. The second-order valence-corrected chi connectivity index (χ2v) is 5.95. The summed E-state index contributed by atoms with van der Waals surface area (Å²) in [5.74, 6) is 0.459. The summed E-state index contributed by atoms with van der Waals surface area (Å²) in [5, 5.41) is 20.8. The first-order valence-electron chi connectivity index (χ1n) is 8.09. The van der Waals surface area contributed by atoms with Crippen LogP contribution in [0.2, 0.25) is 0 Å². The van der Waals surface area contributed by atoms with Crippen LogP contribution in [0.3, 0.4) is 0 Å². The fourth-order valence-electron chi connectivity index (χ4n) is 2.75. The molecule has 0 spiro atoms. The van der Waals surface area contributed by atoms with E-state index in [1.807, 2.05) is 12.1 Å². The minimum Gasteiger partial charge on any atom is -0.324 e. The van der Waals surface area contributed by atoms with E-state index in [9.17, 15) is 4.79 Å². The lowest BCUT2D eigenvalue weighted by Crippen LogP contribution is -2.44. The van der Waals surface area contributed by atoms with Crippen LogP contribution in [0.25, 0.3) is 0 Å². The van der Waals surface area contributed by atoms with Gasteiger partial charge >= 0.3 is 6.03 Å². The van der Waals surface area contributed by atoms with E-state index in [2.05, 4.69) is 21.4 Å². The van der Waals surface area contributed by atoms with E-state index in [1.165, 1.54) is 4.90 Å². The summed E-state index contributed by atoms with van der Waals surface area (Å²) in [6.07, 6.45) is 2.33. The van der Waals surface area contributed by atoms with Crippen molar-refractivity contribution in [2.45, 2.75) is 13.0 Å². The van der Waals surface area contributed by atoms with Gasteiger partial charge in [0.2, 0.25) is 5.95 Å². The second-order valence-electron chi connectivity index (χ2n) is 5.95. The first-order chi connectivity index (χ1) is 12.6. The third-order valence-electron chi connectivity index (χ3n) is 4.09. The normalized spacial score (nSPS) is 12.5. The molecule has 0 bridgehead atoms. The number of nitrogens with zero attached hydrogens (tertiary/aromatic N) is 6. The van der Waals surface area contributed by atoms with Crippen molar-refractivity contribution in [3.63, 3.8) is 0 Å². The molecule has 2 amide bonds. The quantitative estimate of drug-likeness (QED) is 0.851.